The number of aliphatic hydroxyl groups is 1. The molecule has 0 radical (unpaired) electrons. The molecule has 2 N–H and O–H groups in total. The molecule has 0 aromatic carbocycles. The van der Waals surface area contributed by atoms with Gasteiger partial charge in [-0.2, -0.15) is 13.8 Å². The zero-order valence-corrected chi connectivity index (χ0v) is 18.3. The van der Waals surface area contributed by atoms with Crippen LogP contribution in [-0.4, -0.2) is 47.0 Å². The quantitative estimate of drug-likeness (QED) is 0.492. The number of carbonyl (C=O) groups excluding carboxylic acids is 1. The molecule has 31 heavy (non-hydrogen) atoms. The van der Waals surface area contributed by atoms with E-state index in [4.69, 9.17) is 4.74 Å². The van der Waals surface area contributed by atoms with Crippen LogP contribution in [0.5, 0.6) is 0 Å². The zero-order valence-electron chi connectivity index (χ0n) is 17.5. The minimum absolute atomic E-state index is 0.0270. The van der Waals surface area contributed by atoms with E-state index in [0.717, 1.165) is 49.2 Å². The summed E-state index contributed by atoms with van der Waals surface area (Å²) in [5, 5.41) is 13.9. The number of anilines is 2. The number of methoxy groups -OCH3 is 1. The maximum absolute atomic E-state index is 13.7. The van der Waals surface area contributed by atoms with Gasteiger partial charge in [0.15, 0.2) is 11.4 Å². The van der Waals surface area contributed by atoms with E-state index >= 15 is 0 Å². The molecular formula is C21H26F2N4O3S. The molecular weight excluding hydrogens is 426 g/mol. The monoisotopic (exact) mass is 452 g/mol. The summed E-state index contributed by atoms with van der Waals surface area (Å²) in [6.07, 6.45) is 5.56. The first-order chi connectivity index (χ1) is 14.8. The molecule has 2 saturated carbocycles. The predicted molar refractivity (Wildman–Crippen MR) is 112 cm³/mol. The molecule has 2 aliphatic rings. The van der Waals surface area contributed by atoms with Gasteiger partial charge in [0, 0.05) is 30.2 Å². The van der Waals surface area contributed by atoms with E-state index in [1.165, 1.54) is 24.9 Å². The van der Waals surface area contributed by atoms with E-state index < -0.39 is 18.1 Å². The summed E-state index contributed by atoms with van der Waals surface area (Å²) in [6, 6.07) is 2.15. The van der Waals surface area contributed by atoms with Crippen molar-refractivity contribution >= 4 is 28.1 Å². The molecule has 0 bridgehead atoms. The number of ether oxygens (including phenoxy) is 1. The van der Waals surface area contributed by atoms with Crippen LogP contribution in [0.3, 0.4) is 0 Å². The lowest BCUT2D eigenvalue weighted by molar-refractivity contribution is 0.0578. The van der Waals surface area contributed by atoms with Crippen molar-refractivity contribution < 1.29 is 23.4 Å². The highest BCUT2D eigenvalue weighted by Gasteiger charge is 2.48. The Balaban J connectivity index is 1.60. The number of halogens is 2. The normalized spacial score (nSPS) is 20.5. The molecule has 4 rings (SSSR count). The highest BCUT2D eigenvalue weighted by molar-refractivity contribution is 7.15. The highest BCUT2D eigenvalue weighted by Crippen LogP contribution is 2.53. The van der Waals surface area contributed by atoms with Crippen LogP contribution < -0.4 is 10.2 Å². The molecule has 0 aliphatic heterocycles. The molecule has 2 heterocycles. The number of thiazole rings is 1. The molecule has 0 saturated heterocycles. The lowest BCUT2D eigenvalue weighted by Crippen LogP contribution is -2.54. The molecule has 2 aromatic heterocycles. The Morgan fingerprint density at radius 3 is 2.58 bits per heavy atom. The van der Waals surface area contributed by atoms with Crippen molar-refractivity contribution in [2.45, 2.75) is 57.7 Å². The van der Waals surface area contributed by atoms with Gasteiger partial charge in [0.05, 0.1) is 12.3 Å². The topological polar surface area (TPSA) is 87.6 Å². The van der Waals surface area contributed by atoms with E-state index in [-0.39, 0.29) is 40.5 Å². The van der Waals surface area contributed by atoms with E-state index in [0.29, 0.717) is 4.88 Å². The summed E-state index contributed by atoms with van der Waals surface area (Å²) in [5.41, 5.74) is 0.513. The fourth-order valence-electron chi connectivity index (χ4n) is 4.75. The van der Waals surface area contributed by atoms with Gasteiger partial charge in [-0.15, -0.1) is 11.3 Å². The van der Waals surface area contributed by atoms with Gasteiger partial charge in [0.2, 0.25) is 11.9 Å². The first-order valence-electron chi connectivity index (χ1n) is 10.4. The van der Waals surface area contributed by atoms with Crippen LogP contribution in [-0.2, 0) is 4.74 Å². The number of aliphatic hydroxyl groups excluding tert-OH is 1. The van der Waals surface area contributed by atoms with Crippen LogP contribution in [0.4, 0.5) is 19.6 Å². The van der Waals surface area contributed by atoms with Crippen LogP contribution in [0.2, 0.25) is 0 Å². The number of rotatable bonds is 7. The molecule has 2 aliphatic carbocycles. The fourth-order valence-corrected chi connectivity index (χ4v) is 5.72. The van der Waals surface area contributed by atoms with Crippen LogP contribution in [0.1, 0.15) is 53.9 Å². The molecule has 1 spiro atoms. The van der Waals surface area contributed by atoms with Gasteiger partial charge in [0.25, 0.3) is 5.91 Å². The van der Waals surface area contributed by atoms with Gasteiger partial charge < -0.3 is 15.2 Å². The molecule has 2 unspecified atom stereocenters. The van der Waals surface area contributed by atoms with Crippen molar-refractivity contribution in [1.82, 2.24) is 15.3 Å². The Labute approximate surface area is 183 Å². The van der Waals surface area contributed by atoms with Gasteiger partial charge in [-0.1, -0.05) is 12.8 Å². The number of hydrogen-bond acceptors (Lipinski definition) is 7. The second-order valence-electron chi connectivity index (χ2n) is 8.31. The average Bonchev–Trinajstić information content (AvgIpc) is 3.33. The standard InChI is InChI=1S/C21H26F2N4O3S/c1-12-18(19(29)24-14-5-8-21(14)6-3-4-7-21)26-20(31-12)27(17(28)11-30-2)13-9-15(22)25-16(23)10-13/h9-10,14,17,28H,3-8,11H2,1-2H3,(H,24,29). The zero-order chi connectivity index (χ0) is 22.2. The first kappa shape index (κ1) is 22.0. The van der Waals surface area contributed by atoms with Crippen molar-refractivity contribution in [2.75, 3.05) is 18.6 Å². The number of pyridine rings is 1. The fraction of sp³-hybridized carbons (Fsp3) is 0.571. The first-order valence-corrected chi connectivity index (χ1v) is 11.2. The summed E-state index contributed by atoms with van der Waals surface area (Å²) >= 11 is 1.16. The Morgan fingerprint density at radius 1 is 1.32 bits per heavy atom. The Hall–Kier alpha value is -2.17. The number of carbonyl (C=O) groups is 1. The minimum Gasteiger partial charge on any atom is -0.380 e. The van der Waals surface area contributed by atoms with E-state index in [1.807, 2.05) is 0 Å². The third kappa shape index (κ3) is 4.28. The maximum Gasteiger partial charge on any atom is 0.271 e. The van der Waals surface area contributed by atoms with Gasteiger partial charge in [0.1, 0.15) is 5.69 Å². The van der Waals surface area contributed by atoms with Crippen molar-refractivity contribution in [3.05, 3.63) is 34.6 Å². The summed E-state index contributed by atoms with van der Waals surface area (Å²) in [4.78, 5) is 22.4. The Morgan fingerprint density at radius 2 is 2.00 bits per heavy atom. The van der Waals surface area contributed by atoms with Crippen molar-refractivity contribution in [2.24, 2.45) is 5.41 Å². The smallest absolute Gasteiger partial charge is 0.271 e. The summed E-state index contributed by atoms with van der Waals surface area (Å²) in [6.45, 7) is 1.63. The third-order valence-corrected chi connectivity index (χ3v) is 7.39. The molecule has 168 valence electrons. The highest BCUT2D eigenvalue weighted by atomic mass is 32.1. The number of aromatic nitrogens is 2. The van der Waals surface area contributed by atoms with E-state index in [1.54, 1.807) is 6.92 Å². The van der Waals surface area contributed by atoms with Gasteiger partial charge in [-0.25, -0.2) is 4.98 Å². The van der Waals surface area contributed by atoms with Gasteiger partial charge in [-0.3, -0.25) is 9.69 Å². The molecule has 1 amide bonds. The van der Waals surface area contributed by atoms with E-state index in [2.05, 4.69) is 15.3 Å². The predicted octanol–water partition coefficient (Wildman–Crippen LogP) is 3.68. The second-order valence-corrected chi connectivity index (χ2v) is 9.49. The number of aryl methyl sites for hydroxylation is 1. The molecule has 7 nitrogen and oxygen atoms in total. The van der Waals surface area contributed by atoms with Crippen molar-refractivity contribution in [3.63, 3.8) is 0 Å². The largest absolute Gasteiger partial charge is 0.380 e. The van der Waals surface area contributed by atoms with Gasteiger partial charge >= 0.3 is 0 Å². The summed E-state index contributed by atoms with van der Waals surface area (Å²) in [7, 11) is 1.40. The molecule has 2 aromatic rings. The number of amides is 1. The van der Waals surface area contributed by atoms with Crippen LogP contribution >= 0.6 is 11.3 Å². The van der Waals surface area contributed by atoms with Crippen LogP contribution in [0, 0.1) is 24.2 Å². The number of nitrogens with zero attached hydrogens (tertiary/aromatic N) is 3. The number of hydrogen-bond donors (Lipinski definition) is 2. The number of nitrogens with one attached hydrogen (secondary N) is 1. The SMILES string of the molecule is COCC(O)N(c1cc(F)nc(F)c1)c1nc(C(=O)NC2CCC23CCCC3)c(C)s1. The van der Waals surface area contributed by atoms with E-state index in [9.17, 15) is 18.7 Å². The molecule has 2 fully saturated rings. The molecule has 10 heteroatoms. The second kappa shape index (κ2) is 8.76. The lowest BCUT2D eigenvalue weighted by Gasteiger charge is -2.47. The minimum atomic E-state index is -1.26. The Kier molecular flexibility index (Phi) is 6.23. The Bertz CT molecular complexity index is 944. The van der Waals surface area contributed by atoms with Gasteiger partial charge in [-0.05, 0) is 38.0 Å². The van der Waals surface area contributed by atoms with Crippen LogP contribution in [0.25, 0.3) is 0 Å². The summed E-state index contributed by atoms with van der Waals surface area (Å²) < 4.78 is 32.5. The average molecular weight is 453 g/mol. The molecule has 2 atom stereocenters. The lowest BCUT2D eigenvalue weighted by atomic mass is 9.63. The maximum atomic E-state index is 13.7. The third-order valence-electron chi connectivity index (χ3n) is 6.42. The summed E-state index contributed by atoms with van der Waals surface area (Å²) in [5.74, 6) is -2.31. The van der Waals surface area contributed by atoms with Crippen molar-refractivity contribution in [1.29, 1.82) is 0 Å². The van der Waals surface area contributed by atoms with Crippen molar-refractivity contribution in [3.8, 4) is 0 Å². The van der Waals surface area contributed by atoms with Crippen LogP contribution in [0.15, 0.2) is 12.1 Å².